The lowest BCUT2D eigenvalue weighted by atomic mass is 9.92. The van der Waals surface area contributed by atoms with Crippen molar-refractivity contribution in [2.45, 2.75) is 52.1 Å². The van der Waals surface area contributed by atoms with Gasteiger partial charge in [-0.15, -0.1) is 0 Å². The van der Waals surface area contributed by atoms with Crippen molar-refractivity contribution in [2.24, 2.45) is 5.73 Å². The van der Waals surface area contributed by atoms with Crippen molar-refractivity contribution in [3.63, 3.8) is 0 Å². The quantitative estimate of drug-likeness (QED) is 0.358. The molecule has 0 heterocycles. The first-order valence-electron chi connectivity index (χ1n) is 9.63. The smallest absolute Gasteiger partial charge is 0.466 e. The molecule has 0 aliphatic carbocycles. The number of benzene rings is 2. The zero-order chi connectivity index (χ0) is 25.8. The van der Waals surface area contributed by atoms with Crippen LogP contribution in [-0.2, 0) is 26.1 Å². The zero-order valence-corrected chi connectivity index (χ0v) is 19.6. The van der Waals surface area contributed by atoms with E-state index in [-0.39, 0.29) is 34.1 Å². The number of amides is 1. The molecule has 33 heavy (non-hydrogen) atoms. The molecule has 0 aromatic heterocycles. The van der Waals surface area contributed by atoms with Gasteiger partial charge in [0.25, 0.3) is 0 Å². The lowest BCUT2D eigenvalue weighted by Gasteiger charge is -2.19. The fourth-order valence-electron chi connectivity index (χ4n) is 2.72. The van der Waals surface area contributed by atoms with Crippen LogP contribution in [0, 0.1) is 6.92 Å². The number of ether oxygens (including phenoxy) is 1. The summed E-state index contributed by atoms with van der Waals surface area (Å²) in [7, 11) is -6.03. The summed E-state index contributed by atoms with van der Waals surface area (Å²) >= 11 is 0. The number of primary amides is 1. The number of carbonyl (C=O) groups is 2. The van der Waals surface area contributed by atoms with Crippen molar-refractivity contribution < 1.29 is 45.2 Å². The van der Waals surface area contributed by atoms with E-state index in [4.69, 9.17) is 15.6 Å². The molecule has 0 aliphatic heterocycles. The molecule has 3 N–H and O–H groups in total. The van der Waals surface area contributed by atoms with Crippen molar-refractivity contribution in [2.75, 3.05) is 6.61 Å². The first-order valence-corrected chi connectivity index (χ1v) is 11.0. The first kappa shape index (κ1) is 28.2. The molecule has 184 valence electrons. The molecule has 8 nitrogen and oxygen atoms in total. The average Bonchev–Trinajstić information content (AvgIpc) is 2.62. The number of nitrogens with two attached hydrogens (primary N) is 1. The Morgan fingerprint density at radius 3 is 2.00 bits per heavy atom. The highest BCUT2D eigenvalue weighted by molar-refractivity contribution is 7.88. The van der Waals surface area contributed by atoms with Crippen LogP contribution >= 0.6 is 0 Å². The molecule has 0 radical (unpaired) electrons. The number of aliphatic hydroxyl groups is 1. The van der Waals surface area contributed by atoms with Gasteiger partial charge in [0.05, 0.1) is 24.2 Å². The van der Waals surface area contributed by atoms with Gasteiger partial charge in [-0.3, -0.25) is 9.59 Å². The van der Waals surface area contributed by atoms with E-state index in [1.165, 1.54) is 38.1 Å². The minimum atomic E-state index is -6.03. The second kappa shape index (κ2) is 10.4. The Bertz CT molecular complexity index is 1130. The molecule has 2 aromatic carbocycles. The van der Waals surface area contributed by atoms with Crippen LogP contribution in [0.5, 0.6) is 5.75 Å². The van der Waals surface area contributed by atoms with E-state index in [1.807, 2.05) is 0 Å². The fourth-order valence-corrected chi connectivity index (χ4v) is 3.23. The Balaban J connectivity index is 0.000000981. The lowest BCUT2D eigenvalue weighted by molar-refractivity contribution is -0.142. The van der Waals surface area contributed by atoms with Crippen molar-refractivity contribution in [1.82, 2.24) is 0 Å². The third kappa shape index (κ3) is 7.60. The summed E-state index contributed by atoms with van der Waals surface area (Å²) in [4.78, 5) is 23.9. The maximum absolute atomic E-state index is 12.9. The molecule has 0 bridgehead atoms. The van der Waals surface area contributed by atoms with Gasteiger partial charge in [0.1, 0.15) is 0 Å². The Kier molecular flexibility index (Phi) is 8.87. The van der Waals surface area contributed by atoms with Crippen molar-refractivity contribution in [3.05, 3.63) is 41.0 Å². The molecule has 1 amide bonds. The molecular weight excluding hydrogens is 467 g/mol. The lowest BCUT2D eigenvalue weighted by Crippen LogP contribution is -2.29. The van der Waals surface area contributed by atoms with Crippen LogP contribution in [0.3, 0.4) is 0 Å². The number of esters is 1. The molecular formula is C21H26F3NO7S. The van der Waals surface area contributed by atoms with Crippen LogP contribution in [0.15, 0.2) is 24.3 Å². The SMILES string of the molecule is CC(C)(C)O.CCOC(=O)Cc1c(C)c(C(N)=O)c2ccccc2c1OS(=O)(=O)C(F)(F)F. The summed E-state index contributed by atoms with van der Waals surface area (Å²) in [6, 6.07) is 5.53. The Hall–Kier alpha value is -2.86. The maximum atomic E-state index is 12.9. The molecule has 0 aliphatic rings. The van der Waals surface area contributed by atoms with E-state index in [0.717, 1.165) is 0 Å². The Morgan fingerprint density at radius 1 is 1.09 bits per heavy atom. The third-order valence-electron chi connectivity index (χ3n) is 3.89. The predicted octanol–water partition coefficient (Wildman–Crippen LogP) is 3.36. The minimum absolute atomic E-state index is 0.00875. The Labute approximate surface area is 189 Å². The predicted molar refractivity (Wildman–Crippen MR) is 115 cm³/mol. The van der Waals surface area contributed by atoms with E-state index in [0.29, 0.717) is 0 Å². The van der Waals surface area contributed by atoms with Crippen LogP contribution in [0.4, 0.5) is 13.2 Å². The summed E-state index contributed by atoms with van der Waals surface area (Å²) in [5.74, 6) is -2.45. The third-order valence-corrected chi connectivity index (χ3v) is 4.85. The van der Waals surface area contributed by atoms with Gasteiger partial charge in [-0.2, -0.15) is 21.6 Å². The fraction of sp³-hybridized carbons (Fsp3) is 0.429. The molecule has 2 rings (SSSR count). The summed E-state index contributed by atoms with van der Waals surface area (Å²) < 4.78 is 71.0. The molecule has 0 atom stereocenters. The number of hydrogen-bond acceptors (Lipinski definition) is 7. The number of rotatable bonds is 6. The molecule has 0 saturated heterocycles. The topological polar surface area (TPSA) is 133 Å². The number of carbonyl (C=O) groups excluding carboxylic acids is 2. The number of halogens is 3. The summed E-state index contributed by atoms with van der Waals surface area (Å²) in [5.41, 5.74) is -1.08. The molecule has 0 saturated carbocycles. The van der Waals surface area contributed by atoms with Crippen LogP contribution in [-0.4, -0.2) is 43.1 Å². The van der Waals surface area contributed by atoms with Gasteiger partial charge in [0.15, 0.2) is 5.75 Å². The second-order valence-corrected chi connectivity index (χ2v) is 9.39. The molecule has 0 spiro atoms. The maximum Gasteiger partial charge on any atom is 0.534 e. The second-order valence-electron chi connectivity index (χ2n) is 7.85. The minimum Gasteiger partial charge on any atom is -0.466 e. The average molecular weight is 494 g/mol. The van der Waals surface area contributed by atoms with E-state index in [2.05, 4.69) is 4.18 Å². The largest absolute Gasteiger partial charge is 0.534 e. The van der Waals surface area contributed by atoms with Crippen LogP contribution in [0.25, 0.3) is 10.8 Å². The number of alkyl halides is 3. The first-order chi connectivity index (χ1) is 14.9. The monoisotopic (exact) mass is 493 g/mol. The highest BCUT2D eigenvalue weighted by atomic mass is 32.2. The van der Waals surface area contributed by atoms with Crippen LogP contribution in [0.2, 0.25) is 0 Å². The number of fused-ring (bicyclic) bond motifs is 1. The molecule has 0 fully saturated rings. The van der Waals surface area contributed by atoms with E-state index in [1.54, 1.807) is 20.8 Å². The Morgan fingerprint density at radius 2 is 1.58 bits per heavy atom. The normalized spacial score (nSPS) is 12.0. The van der Waals surface area contributed by atoms with Gasteiger partial charge in [0, 0.05) is 10.9 Å². The van der Waals surface area contributed by atoms with Gasteiger partial charge < -0.3 is 19.8 Å². The van der Waals surface area contributed by atoms with E-state index >= 15 is 0 Å². The number of hydrogen-bond donors (Lipinski definition) is 2. The molecule has 0 unspecified atom stereocenters. The summed E-state index contributed by atoms with van der Waals surface area (Å²) in [5, 5.41) is 8.49. The zero-order valence-electron chi connectivity index (χ0n) is 18.7. The standard InChI is InChI=1S/C17H16F3NO6S.C4H10O/c1-3-26-13(22)8-12-9(2)14(16(21)23)10-6-4-5-7-11(10)15(12)27-28(24,25)17(18,19)20;1-4(2,3)5/h4-7H,3,8H2,1-2H3,(H2,21,23);5H,1-3H3. The molecule has 12 heteroatoms. The van der Waals surface area contributed by atoms with Crippen molar-refractivity contribution >= 4 is 32.8 Å². The van der Waals surface area contributed by atoms with Gasteiger partial charge >= 0.3 is 21.6 Å². The van der Waals surface area contributed by atoms with Crippen LogP contribution in [0.1, 0.15) is 49.2 Å². The van der Waals surface area contributed by atoms with Gasteiger partial charge in [-0.05, 0) is 45.6 Å². The van der Waals surface area contributed by atoms with Crippen molar-refractivity contribution in [3.8, 4) is 5.75 Å². The summed E-state index contributed by atoms with van der Waals surface area (Å²) in [6.07, 6.45) is -0.618. The molecule has 2 aromatic rings. The van der Waals surface area contributed by atoms with Crippen molar-refractivity contribution in [1.29, 1.82) is 0 Å². The van der Waals surface area contributed by atoms with Gasteiger partial charge in [-0.1, -0.05) is 24.3 Å². The van der Waals surface area contributed by atoms with Crippen LogP contribution < -0.4 is 9.92 Å². The summed E-state index contributed by atoms with van der Waals surface area (Å²) in [6.45, 7) is 8.07. The van der Waals surface area contributed by atoms with Gasteiger partial charge in [0.2, 0.25) is 5.91 Å². The highest BCUT2D eigenvalue weighted by Gasteiger charge is 2.49. The van der Waals surface area contributed by atoms with E-state index < -0.39 is 45.3 Å². The highest BCUT2D eigenvalue weighted by Crippen LogP contribution is 2.39. The van der Waals surface area contributed by atoms with Gasteiger partial charge in [-0.25, -0.2) is 0 Å². The van der Waals surface area contributed by atoms with E-state index in [9.17, 15) is 31.2 Å².